The minimum absolute atomic E-state index is 0.115. The van der Waals surface area contributed by atoms with Crippen LogP contribution in [0.25, 0.3) is 0 Å². The minimum Gasteiger partial charge on any atom is -0.323 e. The number of nitrogens with zero attached hydrogens (tertiary/aromatic N) is 1. The molecule has 20 heavy (non-hydrogen) atoms. The Morgan fingerprint density at radius 3 is 2.35 bits per heavy atom. The lowest BCUT2D eigenvalue weighted by Gasteiger charge is -2.37. The molecular formula is C18H28N2. The van der Waals surface area contributed by atoms with Gasteiger partial charge in [-0.05, 0) is 42.6 Å². The van der Waals surface area contributed by atoms with Crippen molar-refractivity contribution < 1.29 is 0 Å². The van der Waals surface area contributed by atoms with E-state index in [1.807, 2.05) is 0 Å². The normalized spacial score (nSPS) is 21.2. The summed E-state index contributed by atoms with van der Waals surface area (Å²) in [6, 6.07) is 11.5. The zero-order valence-corrected chi connectivity index (χ0v) is 12.9. The van der Waals surface area contributed by atoms with Crippen LogP contribution in [0.15, 0.2) is 30.3 Å². The summed E-state index contributed by atoms with van der Waals surface area (Å²) < 4.78 is 0. The topological polar surface area (TPSA) is 29.3 Å². The van der Waals surface area contributed by atoms with Crippen LogP contribution >= 0.6 is 0 Å². The van der Waals surface area contributed by atoms with Gasteiger partial charge in [-0.15, -0.1) is 0 Å². The third-order valence-electron chi connectivity index (χ3n) is 4.86. The molecule has 110 valence electrons. The Hall–Kier alpha value is -0.860. The predicted molar refractivity (Wildman–Crippen MR) is 84.5 cm³/mol. The average Bonchev–Trinajstić information content (AvgIpc) is 3.29. The largest absolute Gasteiger partial charge is 0.323 e. The molecule has 0 bridgehead atoms. The van der Waals surface area contributed by atoms with Crippen molar-refractivity contribution in [2.24, 2.45) is 17.1 Å². The zero-order valence-electron chi connectivity index (χ0n) is 12.9. The molecule has 0 spiro atoms. The summed E-state index contributed by atoms with van der Waals surface area (Å²) in [5.41, 5.74) is 7.95. The Balaban J connectivity index is 1.66. The monoisotopic (exact) mass is 272 g/mol. The molecule has 0 aliphatic heterocycles. The van der Waals surface area contributed by atoms with Gasteiger partial charge < -0.3 is 5.73 Å². The van der Waals surface area contributed by atoms with Crippen LogP contribution in [-0.4, -0.2) is 24.0 Å². The Kier molecular flexibility index (Phi) is 3.87. The first-order chi connectivity index (χ1) is 9.56. The molecule has 0 aromatic heterocycles. The highest BCUT2D eigenvalue weighted by Crippen LogP contribution is 2.39. The summed E-state index contributed by atoms with van der Waals surface area (Å²) >= 11 is 0. The molecule has 2 fully saturated rings. The number of benzene rings is 1. The van der Waals surface area contributed by atoms with Crippen LogP contribution in [0.4, 0.5) is 0 Å². The summed E-state index contributed by atoms with van der Waals surface area (Å²) in [4.78, 5) is 2.72. The van der Waals surface area contributed by atoms with E-state index in [1.165, 1.54) is 37.8 Å². The fourth-order valence-corrected chi connectivity index (χ4v) is 3.15. The van der Waals surface area contributed by atoms with Crippen molar-refractivity contribution in [2.45, 2.75) is 51.6 Å². The van der Waals surface area contributed by atoms with E-state index in [0.29, 0.717) is 0 Å². The summed E-state index contributed by atoms with van der Waals surface area (Å²) in [7, 11) is 0. The van der Waals surface area contributed by atoms with E-state index in [1.54, 1.807) is 0 Å². The molecule has 1 atom stereocenters. The smallest absolute Gasteiger partial charge is 0.0359 e. The van der Waals surface area contributed by atoms with Crippen molar-refractivity contribution >= 4 is 0 Å². The zero-order chi connectivity index (χ0) is 14.2. The van der Waals surface area contributed by atoms with Crippen LogP contribution in [-0.2, 0) is 0 Å². The molecule has 2 N–H and O–H groups in total. The standard InChI is InChI=1S/C18H28N2/c1-18(2,17(19)15-6-4-3-5-7-15)13-20(16-10-11-16)12-14-8-9-14/h3-7,14,16-17H,8-13,19H2,1-2H3. The van der Waals surface area contributed by atoms with Crippen molar-refractivity contribution in [1.29, 1.82) is 0 Å². The minimum atomic E-state index is 0.115. The molecule has 0 saturated heterocycles. The van der Waals surface area contributed by atoms with Gasteiger partial charge in [0.25, 0.3) is 0 Å². The van der Waals surface area contributed by atoms with Crippen LogP contribution in [0.1, 0.15) is 51.1 Å². The van der Waals surface area contributed by atoms with Gasteiger partial charge in [-0.2, -0.15) is 0 Å². The van der Waals surface area contributed by atoms with E-state index in [4.69, 9.17) is 5.73 Å². The molecule has 0 radical (unpaired) electrons. The SMILES string of the molecule is CC(C)(CN(CC1CC1)C1CC1)C(N)c1ccccc1. The molecule has 1 aromatic rings. The van der Waals surface area contributed by atoms with Crippen LogP contribution in [0.5, 0.6) is 0 Å². The maximum atomic E-state index is 6.56. The average molecular weight is 272 g/mol. The summed E-state index contributed by atoms with van der Waals surface area (Å²) in [5, 5.41) is 0. The second-order valence-corrected chi connectivity index (χ2v) is 7.48. The van der Waals surface area contributed by atoms with Crippen LogP contribution in [0, 0.1) is 11.3 Å². The van der Waals surface area contributed by atoms with Gasteiger partial charge in [0.2, 0.25) is 0 Å². The molecule has 1 unspecified atom stereocenters. The first-order valence-electron chi connectivity index (χ1n) is 8.11. The Bertz CT molecular complexity index is 432. The third kappa shape index (κ3) is 3.42. The summed E-state index contributed by atoms with van der Waals surface area (Å²) in [6.07, 6.45) is 5.66. The predicted octanol–water partition coefficient (Wildman–Crippen LogP) is 3.59. The Morgan fingerprint density at radius 2 is 1.80 bits per heavy atom. The quantitative estimate of drug-likeness (QED) is 0.822. The van der Waals surface area contributed by atoms with Crippen molar-refractivity contribution in [3.8, 4) is 0 Å². The molecule has 0 amide bonds. The maximum Gasteiger partial charge on any atom is 0.0359 e. The molecule has 0 heterocycles. The van der Waals surface area contributed by atoms with Gasteiger partial charge in [-0.1, -0.05) is 44.2 Å². The van der Waals surface area contributed by atoms with Crippen LogP contribution in [0.3, 0.4) is 0 Å². The van der Waals surface area contributed by atoms with Crippen LogP contribution < -0.4 is 5.73 Å². The van der Waals surface area contributed by atoms with E-state index < -0.39 is 0 Å². The molecule has 2 aliphatic rings. The van der Waals surface area contributed by atoms with E-state index in [-0.39, 0.29) is 11.5 Å². The summed E-state index contributed by atoms with van der Waals surface area (Å²) in [6.45, 7) is 7.08. The molecule has 2 heteroatoms. The van der Waals surface area contributed by atoms with Crippen molar-refractivity contribution in [2.75, 3.05) is 13.1 Å². The molecule has 2 aliphatic carbocycles. The fourth-order valence-electron chi connectivity index (χ4n) is 3.15. The first-order valence-corrected chi connectivity index (χ1v) is 8.11. The van der Waals surface area contributed by atoms with Gasteiger partial charge in [0.05, 0.1) is 0 Å². The van der Waals surface area contributed by atoms with Crippen molar-refractivity contribution in [3.05, 3.63) is 35.9 Å². The molecule has 1 aromatic carbocycles. The molecule has 2 saturated carbocycles. The Labute approximate surface area is 123 Å². The number of rotatable bonds is 7. The number of hydrogen-bond donors (Lipinski definition) is 1. The van der Waals surface area contributed by atoms with E-state index in [0.717, 1.165) is 18.5 Å². The lowest BCUT2D eigenvalue weighted by molar-refractivity contribution is 0.140. The maximum absolute atomic E-state index is 6.56. The number of nitrogens with two attached hydrogens (primary N) is 1. The second-order valence-electron chi connectivity index (χ2n) is 7.48. The van der Waals surface area contributed by atoms with E-state index in [9.17, 15) is 0 Å². The van der Waals surface area contributed by atoms with Crippen molar-refractivity contribution in [1.82, 2.24) is 4.90 Å². The first kappa shape index (κ1) is 14.1. The van der Waals surface area contributed by atoms with E-state index in [2.05, 4.69) is 49.1 Å². The van der Waals surface area contributed by atoms with E-state index >= 15 is 0 Å². The third-order valence-corrected chi connectivity index (χ3v) is 4.86. The van der Waals surface area contributed by atoms with Gasteiger partial charge >= 0.3 is 0 Å². The summed E-state index contributed by atoms with van der Waals surface area (Å²) in [5.74, 6) is 0.972. The molecule has 3 rings (SSSR count). The highest BCUT2D eigenvalue weighted by molar-refractivity contribution is 5.20. The lowest BCUT2D eigenvalue weighted by Crippen LogP contribution is -2.42. The van der Waals surface area contributed by atoms with Gasteiger partial charge in [0.15, 0.2) is 0 Å². The highest BCUT2D eigenvalue weighted by Gasteiger charge is 2.38. The van der Waals surface area contributed by atoms with Gasteiger partial charge in [-0.25, -0.2) is 0 Å². The Morgan fingerprint density at radius 1 is 1.15 bits per heavy atom. The lowest BCUT2D eigenvalue weighted by atomic mass is 9.80. The van der Waals surface area contributed by atoms with Crippen LogP contribution in [0.2, 0.25) is 0 Å². The number of hydrogen-bond acceptors (Lipinski definition) is 2. The molecule has 2 nitrogen and oxygen atoms in total. The van der Waals surface area contributed by atoms with Gasteiger partial charge in [0, 0.05) is 25.2 Å². The van der Waals surface area contributed by atoms with Gasteiger partial charge in [0.1, 0.15) is 0 Å². The van der Waals surface area contributed by atoms with Gasteiger partial charge in [-0.3, -0.25) is 4.90 Å². The molecular weight excluding hydrogens is 244 g/mol. The second kappa shape index (κ2) is 5.50. The highest BCUT2D eigenvalue weighted by atomic mass is 15.2. The van der Waals surface area contributed by atoms with Crippen molar-refractivity contribution in [3.63, 3.8) is 0 Å². The fraction of sp³-hybridized carbons (Fsp3) is 0.667.